The largest absolute Gasteiger partial charge is 0.384 e. The van der Waals surface area contributed by atoms with Gasteiger partial charge in [0, 0.05) is 16.8 Å². The first-order chi connectivity index (χ1) is 8.65. The van der Waals surface area contributed by atoms with Crippen LogP contribution in [-0.4, -0.2) is 4.98 Å². The molecule has 0 spiro atoms. The molecule has 94 valence electrons. The number of nitrogen functional groups attached to an aromatic ring is 1. The molecule has 1 aromatic heterocycles. The minimum absolute atomic E-state index is 0.570. The third-order valence-electron chi connectivity index (χ3n) is 2.81. The summed E-state index contributed by atoms with van der Waals surface area (Å²) in [6, 6.07) is 12.7. The fraction of sp³-hybridized carbons (Fsp3) is 0.267. The van der Waals surface area contributed by atoms with Crippen LogP contribution in [0.4, 0.5) is 5.82 Å². The summed E-state index contributed by atoms with van der Waals surface area (Å²) >= 11 is 1.78. The smallest absolute Gasteiger partial charge is 0.123 e. The van der Waals surface area contributed by atoms with Gasteiger partial charge in [0.15, 0.2) is 0 Å². The third kappa shape index (κ3) is 3.50. The van der Waals surface area contributed by atoms with Crippen molar-refractivity contribution in [1.82, 2.24) is 4.98 Å². The minimum Gasteiger partial charge on any atom is -0.384 e. The van der Waals surface area contributed by atoms with E-state index in [0.717, 1.165) is 10.6 Å². The molecule has 0 saturated heterocycles. The van der Waals surface area contributed by atoms with Gasteiger partial charge >= 0.3 is 0 Å². The van der Waals surface area contributed by atoms with Crippen LogP contribution < -0.4 is 5.73 Å². The maximum Gasteiger partial charge on any atom is 0.123 e. The molecule has 0 aliphatic heterocycles. The minimum atomic E-state index is 0.570. The van der Waals surface area contributed by atoms with E-state index in [0.29, 0.717) is 11.7 Å². The lowest BCUT2D eigenvalue weighted by Gasteiger charge is -2.07. The fourth-order valence-corrected chi connectivity index (χ4v) is 2.46. The second kappa shape index (κ2) is 5.91. The highest BCUT2D eigenvalue weighted by Crippen LogP contribution is 2.23. The predicted octanol–water partition coefficient (Wildman–Crippen LogP) is 4.08. The van der Waals surface area contributed by atoms with Crippen LogP contribution in [0.5, 0.6) is 0 Å². The second-order valence-electron chi connectivity index (χ2n) is 4.60. The van der Waals surface area contributed by atoms with Gasteiger partial charge in [0.05, 0.1) is 0 Å². The van der Waals surface area contributed by atoms with Crippen molar-refractivity contribution < 1.29 is 0 Å². The number of anilines is 1. The number of hydrogen-bond donors (Lipinski definition) is 1. The Balaban J connectivity index is 1.95. The standard InChI is InChI=1S/C15H18N2S/c1-11(2)13-5-3-12(4-6-13)10-18-14-7-8-15(16)17-9-14/h3-9,11H,10H2,1-2H3,(H2,16,17). The van der Waals surface area contributed by atoms with Crippen LogP contribution in [0, 0.1) is 0 Å². The van der Waals surface area contributed by atoms with Crippen molar-refractivity contribution in [3.05, 3.63) is 53.7 Å². The number of aromatic nitrogens is 1. The Morgan fingerprint density at radius 3 is 2.39 bits per heavy atom. The number of nitrogens with two attached hydrogens (primary N) is 1. The van der Waals surface area contributed by atoms with Crippen LogP contribution in [0.3, 0.4) is 0 Å². The summed E-state index contributed by atoms with van der Waals surface area (Å²) in [5.74, 6) is 2.12. The van der Waals surface area contributed by atoms with E-state index in [-0.39, 0.29) is 0 Å². The molecule has 2 nitrogen and oxygen atoms in total. The molecule has 0 saturated carbocycles. The van der Waals surface area contributed by atoms with E-state index in [1.54, 1.807) is 11.8 Å². The molecule has 2 N–H and O–H groups in total. The zero-order valence-electron chi connectivity index (χ0n) is 10.8. The summed E-state index contributed by atoms with van der Waals surface area (Å²) in [5.41, 5.74) is 8.28. The monoisotopic (exact) mass is 258 g/mol. The molecule has 0 radical (unpaired) electrons. The van der Waals surface area contributed by atoms with Crippen molar-refractivity contribution in [2.45, 2.75) is 30.4 Å². The first-order valence-electron chi connectivity index (χ1n) is 6.08. The van der Waals surface area contributed by atoms with Gasteiger partial charge in [-0.3, -0.25) is 0 Å². The van der Waals surface area contributed by atoms with Crippen molar-refractivity contribution in [2.24, 2.45) is 0 Å². The number of nitrogens with zero attached hydrogens (tertiary/aromatic N) is 1. The van der Waals surface area contributed by atoms with Gasteiger partial charge in [-0.2, -0.15) is 0 Å². The first-order valence-corrected chi connectivity index (χ1v) is 7.07. The van der Waals surface area contributed by atoms with E-state index in [1.165, 1.54) is 11.1 Å². The highest BCUT2D eigenvalue weighted by atomic mass is 32.2. The third-order valence-corrected chi connectivity index (χ3v) is 3.86. The average molecular weight is 258 g/mol. The number of pyridine rings is 1. The topological polar surface area (TPSA) is 38.9 Å². The van der Waals surface area contributed by atoms with Crippen LogP contribution >= 0.6 is 11.8 Å². The molecule has 0 amide bonds. The number of benzene rings is 1. The molecule has 1 heterocycles. The zero-order chi connectivity index (χ0) is 13.0. The van der Waals surface area contributed by atoms with E-state index in [2.05, 4.69) is 43.1 Å². The maximum absolute atomic E-state index is 5.56. The van der Waals surface area contributed by atoms with Crippen LogP contribution in [-0.2, 0) is 5.75 Å². The van der Waals surface area contributed by atoms with E-state index in [1.807, 2.05) is 18.3 Å². The Labute approximate surface area is 113 Å². The lowest BCUT2D eigenvalue weighted by molar-refractivity contribution is 0.866. The van der Waals surface area contributed by atoms with Gasteiger partial charge in [-0.15, -0.1) is 11.8 Å². The number of rotatable bonds is 4. The van der Waals surface area contributed by atoms with E-state index < -0.39 is 0 Å². The number of thioether (sulfide) groups is 1. The molecule has 3 heteroatoms. The Hall–Kier alpha value is -1.48. The van der Waals surface area contributed by atoms with Crippen LogP contribution in [0.1, 0.15) is 30.9 Å². The van der Waals surface area contributed by atoms with E-state index in [9.17, 15) is 0 Å². The van der Waals surface area contributed by atoms with Gasteiger partial charge in [0.25, 0.3) is 0 Å². The lowest BCUT2D eigenvalue weighted by Crippen LogP contribution is -1.89. The molecule has 0 bridgehead atoms. The summed E-state index contributed by atoms with van der Waals surface area (Å²) in [7, 11) is 0. The van der Waals surface area contributed by atoms with Gasteiger partial charge in [-0.1, -0.05) is 38.1 Å². The molecule has 0 fully saturated rings. The Morgan fingerprint density at radius 1 is 1.11 bits per heavy atom. The zero-order valence-corrected chi connectivity index (χ0v) is 11.6. The summed E-state index contributed by atoms with van der Waals surface area (Å²) in [4.78, 5) is 5.24. The quantitative estimate of drug-likeness (QED) is 0.840. The molecular formula is C15H18N2S. The summed E-state index contributed by atoms with van der Waals surface area (Å²) in [6.07, 6.45) is 1.82. The molecule has 0 aliphatic carbocycles. The highest BCUT2D eigenvalue weighted by Gasteiger charge is 2.00. The van der Waals surface area contributed by atoms with Gasteiger partial charge in [-0.05, 0) is 29.2 Å². The van der Waals surface area contributed by atoms with Crippen LogP contribution in [0.15, 0.2) is 47.5 Å². The predicted molar refractivity (Wildman–Crippen MR) is 78.7 cm³/mol. The molecule has 1 aromatic carbocycles. The van der Waals surface area contributed by atoms with Crippen LogP contribution in [0.25, 0.3) is 0 Å². The highest BCUT2D eigenvalue weighted by molar-refractivity contribution is 7.98. The van der Waals surface area contributed by atoms with Crippen molar-refractivity contribution >= 4 is 17.6 Å². The summed E-state index contributed by atoms with van der Waals surface area (Å²) in [5, 5.41) is 0. The molecule has 0 unspecified atom stereocenters. The van der Waals surface area contributed by atoms with Gasteiger partial charge < -0.3 is 5.73 Å². The molecule has 2 aromatic rings. The lowest BCUT2D eigenvalue weighted by atomic mass is 10.0. The van der Waals surface area contributed by atoms with Crippen molar-refractivity contribution in [3.63, 3.8) is 0 Å². The summed E-state index contributed by atoms with van der Waals surface area (Å²) < 4.78 is 0. The molecular weight excluding hydrogens is 240 g/mol. The van der Waals surface area contributed by atoms with Crippen molar-refractivity contribution in [2.75, 3.05) is 5.73 Å². The van der Waals surface area contributed by atoms with Crippen molar-refractivity contribution in [3.8, 4) is 0 Å². The Morgan fingerprint density at radius 2 is 1.83 bits per heavy atom. The molecule has 2 rings (SSSR count). The van der Waals surface area contributed by atoms with E-state index >= 15 is 0 Å². The van der Waals surface area contributed by atoms with E-state index in [4.69, 9.17) is 5.73 Å². The molecule has 0 aliphatic rings. The van der Waals surface area contributed by atoms with Gasteiger partial charge in [0.1, 0.15) is 5.82 Å². The second-order valence-corrected chi connectivity index (χ2v) is 5.65. The van der Waals surface area contributed by atoms with Gasteiger partial charge in [-0.25, -0.2) is 4.98 Å². The number of hydrogen-bond acceptors (Lipinski definition) is 3. The fourth-order valence-electron chi connectivity index (χ4n) is 1.64. The average Bonchev–Trinajstić information content (AvgIpc) is 2.38. The Kier molecular flexibility index (Phi) is 4.26. The summed E-state index contributed by atoms with van der Waals surface area (Å²) in [6.45, 7) is 4.42. The normalized spacial score (nSPS) is 10.8. The van der Waals surface area contributed by atoms with Crippen molar-refractivity contribution in [1.29, 1.82) is 0 Å². The van der Waals surface area contributed by atoms with Crippen LogP contribution in [0.2, 0.25) is 0 Å². The first kappa shape index (κ1) is 13.0. The molecule has 0 atom stereocenters. The maximum atomic E-state index is 5.56. The molecule has 18 heavy (non-hydrogen) atoms. The Bertz CT molecular complexity index is 489. The van der Waals surface area contributed by atoms with Gasteiger partial charge in [0.2, 0.25) is 0 Å². The SMILES string of the molecule is CC(C)c1ccc(CSc2ccc(N)nc2)cc1.